The lowest BCUT2D eigenvalue weighted by atomic mass is 10.1. The molecule has 1 heterocycles. The van der Waals surface area contributed by atoms with Crippen molar-refractivity contribution in [2.24, 2.45) is 0 Å². The SMILES string of the molecule is COc1cccnc1C(=O)Cc1ccccc1F. The molecule has 0 bridgehead atoms. The van der Waals surface area contributed by atoms with Crippen molar-refractivity contribution in [3.63, 3.8) is 0 Å². The van der Waals surface area contributed by atoms with Gasteiger partial charge in [0.25, 0.3) is 0 Å². The molecule has 92 valence electrons. The number of ketones is 1. The summed E-state index contributed by atoms with van der Waals surface area (Å²) in [7, 11) is 1.47. The number of hydrogen-bond acceptors (Lipinski definition) is 3. The van der Waals surface area contributed by atoms with E-state index in [-0.39, 0.29) is 23.7 Å². The smallest absolute Gasteiger partial charge is 0.189 e. The van der Waals surface area contributed by atoms with Gasteiger partial charge in [-0.1, -0.05) is 18.2 Å². The second kappa shape index (κ2) is 5.40. The minimum absolute atomic E-state index is 0.0277. The van der Waals surface area contributed by atoms with Crippen molar-refractivity contribution in [1.29, 1.82) is 0 Å². The quantitative estimate of drug-likeness (QED) is 0.777. The lowest BCUT2D eigenvalue weighted by molar-refractivity contribution is 0.0984. The number of hydrogen-bond donors (Lipinski definition) is 0. The molecule has 2 aromatic rings. The molecule has 0 N–H and O–H groups in total. The minimum atomic E-state index is -0.388. The average Bonchev–Trinajstić information content (AvgIpc) is 2.41. The Labute approximate surface area is 104 Å². The number of aromatic nitrogens is 1. The molecule has 0 aliphatic rings. The van der Waals surface area contributed by atoms with Crippen molar-refractivity contribution in [1.82, 2.24) is 4.98 Å². The molecule has 2 rings (SSSR count). The molecule has 0 spiro atoms. The Morgan fingerprint density at radius 3 is 2.78 bits per heavy atom. The van der Waals surface area contributed by atoms with Gasteiger partial charge in [0.1, 0.15) is 17.3 Å². The number of ether oxygens (including phenoxy) is 1. The summed E-state index contributed by atoms with van der Waals surface area (Å²) in [6.07, 6.45) is 1.48. The van der Waals surface area contributed by atoms with Crippen molar-refractivity contribution in [3.05, 3.63) is 59.7 Å². The standard InChI is InChI=1S/C14H12FNO2/c1-18-13-7-4-8-16-14(13)12(17)9-10-5-2-3-6-11(10)15/h2-8H,9H2,1H3. The average molecular weight is 245 g/mol. The highest BCUT2D eigenvalue weighted by Crippen LogP contribution is 2.18. The number of nitrogens with zero attached hydrogens (tertiary/aromatic N) is 1. The van der Waals surface area contributed by atoms with Crippen LogP contribution < -0.4 is 4.74 Å². The first-order valence-electron chi connectivity index (χ1n) is 5.48. The molecule has 1 aromatic carbocycles. The van der Waals surface area contributed by atoms with Crippen LogP contribution in [0.4, 0.5) is 4.39 Å². The van der Waals surface area contributed by atoms with Crippen LogP contribution in [-0.4, -0.2) is 17.9 Å². The van der Waals surface area contributed by atoms with Gasteiger partial charge in [-0.2, -0.15) is 0 Å². The summed E-state index contributed by atoms with van der Waals surface area (Å²) < 4.78 is 18.5. The summed E-state index contributed by atoms with van der Waals surface area (Å²) in [6.45, 7) is 0. The maximum Gasteiger partial charge on any atom is 0.189 e. The fourth-order valence-electron chi connectivity index (χ4n) is 1.66. The first-order chi connectivity index (χ1) is 8.72. The van der Waals surface area contributed by atoms with E-state index < -0.39 is 0 Å². The highest BCUT2D eigenvalue weighted by Gasteiger charge is 2.15. The van der Waals surface area contributed by atoms with Crippen molar-refractivity contribution in [3.8, 4) is 5.75 Å². The van der Waals surface area contributed by atoms with Crippen LogP contribution >= 0.6 is 0 Å². The zero-order valence-corrected chi connectivity index (χ0v) is 9.89. The highest BCUT2D eigenvalue weighted by atomic mass is 19.1. The molecule has 0 amide bonds. The Hall–Kier alpha value is -2.23. The Morgan fingerprint density at radius 1 is 1.28 bits per heavy atom. The second-order valence-corrected chi connectivity index (χ2v) is 3.75. The molecule has 18 heavy (non-hydrogen) atoms. The molecule has 3 nitrogen and oxygen atoms in total. The van der Waals surface area contributed by atoms with E-state index >= 15 is 0 Å². The van der Waals surface area contributed by atoms with Crippen LogP contribution in [0.25, 0.3) is 0 Å². The fraction of sp³-hybridized carbons (Fsp3) is 0.143. The molecule has 0 fully saturated rings. The van der Waals surface area contributed by atoms with Gasteiger partial charge in [-0.15, -0.1) is 0 Å². The van der Waals surface area contributed by atoms with Crippen LogP contribution in [0.5, 0.6) is 5.75 Å². The molecule has 0 saturated carbocycles. The third kappa shape index (κ3) is 2.53. The maximum absolute atomic E-state index is 13.4. The van der Waals surface area contributed by atoms with E-state index in [1.807, 2.05) is 0 Å². The number of methoxy groups -OCH3 is 1. The van der Waals surface area contributed by atoms with Gasteiger partial charge in [0.2, 0.25) is 0 Å². The molecule has 1 aromatic heterocycles. The second-order valence-electron chi connectivity index (χ2n) is 3.75. The fourth-order valence-corrected chi connectivity index (χ4v) is 1.66. The molecule has 0 aliphatic heterocycles. The largest absolute Gasteiger partial charge is 0.494 e. The van der Waals surface area contributed by atoms with Gasteiger partial charge in [-0.25, -0.2) is 9.37 Å². The molecule has 0 atom stereocenters. The van der Waals surface area contributed by atoms with Crippen LogP contribution in [-0.2, 0) is 6.42 Å². The van der Waals surface area contributed by atoms with E-state index in [2.05, 4.69) is 4.98 Å². The summed E-state index contributed by atoms with van der Waals surface area (Å²) in [6, 6.07) is 9.53. The topological polar surface area (TPSA) is 39.2 Å². The van der Waals surface area contributed by atoms with Gasteiger partial charge in [0.15, 0.2) is 5.78 Å². The molecule has 0 radical (unpaired) electrons. The number of halogens is 1. The van der Waals surface area contributed by atoms with Gasteiger partial charge >= 0.3 is 0 Å². The number of rotatable bonds is 4. The molecule has 4 heteroatoms. The zero-order chi connectivity index (χ0) is 13.0. The monoisotopic (exact) mass is 245 g/mol. The number of pyridine rings is 1. The van der Waals surface area contributed by atoms with E-state index in [1.165, 1.54) is 19.4 Å². The van der Waals surface area contributed by atoms with Crippen LogP contribution in [0.1, 0.15) is 16.1 Å². The first-order valence-corrected chi connectivity index (χ1v) is 5.48. The van der Waals surface area contributed by atoms with E-state index in [4.69, 9.17) is 4.74 Å². The lowest BCUT2D eigenvalue weighted by Crippen LogP contribution is -2.09. The van der Waals surface area contributed by atoms with E-state index in [9.17, 15) is 9.18 Å². The Bertz CT molecular complexity index is 569. The Morgan fingerprint density at radius 2 is 2.06 bits per heavy atom. The highest BCUT2D eigenvalue weighted by molar-refractivity contribution is 5.98. The third-order valence-electron chi connectivity index (χ3n) is 2.56. The number of Topliss-reactive ketones (excluding diaryl/α,β-unsaturated/α-hetero) is 1. The van der Waals surface area contributed by atoms with Gasteiger partial charge in [0, 0.05) is 12.6 Å². The number of benzene rings is 1. The van der Waals surface area contributed by atoms with Crippen LogP contribution in [0.3, 0.4) is 0 Å². The zero-order valence-electron chi connectivity index (χ0n) is 9.89. The summed E-state index contributed by atoms with van der Waals surface area (Å²) in [5.41, 5.74) is 0.582. The van der Waals surface area contributed by atoms with E-state index in [1.54, 1.807) is 30.3 Å². The summed E-state index contributed by atoms with van der Waals surface area (Å²) in [5, 5.41) is 0. The van der Waals surface area contributed by atoms with Crippen molar-refractivity contribution in [2.45, 2.75) is 6.42 Å². The summed E-state index contributed by atoms with van der Waals surface area (Å²) in [5.74, 6) is -0.253. The molecular formula is C14H12FNO2. The van der Waals surface area contributed by atoms with Crippen LogP contribution in [0, 0.1) is 5.82 Å². The maximum atomic E-state index is 13.4. The predicted molar refractivity (Wildman–Crippen MR) is 65.2 cm³/mol. The Balaban J connectivity index is 2.25. The first kappa shape index (κ1) is 12.2. The normalized spacial score (nSPS) is 10.1. The van der Waals surface area contributed by atoms with Crippen LogP contribution in [0.15, 0.2) is 42.6 Å². The predicted octanol–water partition coefficient (Wildman–Crippen LogP) is 2.65. The molecule has 0 aliphatic carbocycles. The van der Waals surface area contributed by atoms with Crippen molar-refractivity contribution >= 4 is 5.78 Å². The van der Waals surface area contributed by atoms with Gasteiger partial charge in [-0.05, 0) is 23.8 Å². The molecule has 0 unspecified atom stereocenters. The number of carbonyl (C=O) groups excluding carboxylic acids is 1. The van der Waals surface area contributed by atoms with Crippen molar-refractivity contribution in [2.75, 3.05) is 7.11 Å². The minimum Gasteiger partial charge on any atom is -0.494 e. The summed E-state index contributed by atoms with van der Waals surface area (Å²) >= 11 is 0. The van der Waals surface area contributed by atoms with E-state index in [0.29, 0.717) is 11.3 Å². The van der Waals surface area contributed by atoms with Crippen molar-refractivity contribution < 1.29 is 13.9 Å². The number of carbonyl (C=O) groups is 1. The molecular weight excluding hydrogens is 233 g/mol. The van der Waals surface area contributed by atoms with E-state index in [0.717, 1.165) is 0 Å². The molecule has 0 saturated heterocycles. The third-order valence-corrected chi connectivity index (χ3v) is 2.56. The van der Waals surface area contributed by atoms with Gasteiger partial charge in [-0.3, -0.25) is 4.79 Å². The van der Waals surface area contributed by atoms with Gasteiger partial charge in [0.05, 0.1) is 7.11 Å². The Kier molecular flexibility index (Phi) is 3.67. The van der Waals surface area contributed by atoms with Crippen LogP contribution in [0.2, 0.25) is 0 Å². The lowest BCUT2D eigenvalue weighted by Gasteiger charge is -2.06. The summed E-state index contributed by atoms with van der Waals surface area (Å²) in [4.78, 5) is 16.0. The van der Waals surface area contributed by atoms with Gasteiger partial charge < -0.3 is 4.74 Å².